The van der Waals surface area contributed by atoms with Gasteiger partial charge in [-0.3, -0.25) is 0 Å². The summed E-state index contributed by atoms with van der Waals surface area (Å²) in [5.41, 5.74) is 7.52. The van der Waals surface area contributed by atoms with Crippen molar-refractivity contribution >= 4 is 17.4 Å². The van der Waals surface area contributed by atoms with Crippen molar-refractivity contribution in [2.45, 2.75) is 16.8 Å². The zero-order chi connectivity index (χ0) is 11.5. The zero-order valence-corrected chi connectivity index (χ0v) is 9.59. The van der Waals surface area contributed by atoms with Gasteiger partial charge in [-0.1, -0.05) is 17.8 Å². The molecule has 0 bridgehead atoms. The molecule has 1 aromatic heterocycles. The van der Waals surface area contributed by atoms with Gasteiger partial charge < -0.3 is 5.73 Å². The lowest BCUT2D eigenvalue weighted by Crippen LogP contribution is -1.94. The van der Waals surface area contributed by atoms with Crippen LogP contribution in [0.1, 0.15) is 5.56 Å². The van der Waals surface area contributed by atoms with Gasteiger partial charge in [0.05, 0.1) is 5.69 Å². The maximum absolute atomic E-state index is 13.0. The molecule has 0 radical (unpaired) electrons. The molecule has 1 aromatic carbocycles. The van der Waals surface area contributed by atoms with Crippen LogP contribution in [0.3, 0.4) is 0 Å². The number of benzene rings is 1. The molecule has 1 heterocycles. The van der Waals surface area contributed by atoms with Crippen LogP contribution in [0, 0.1) is 12.7 Å². The predicted octanol–water partition coefficient (Wildman–Crippen LogP) is 3.26. The Bertz CT molecular complexity index is 514. The minimum absolute atomic E-state index is 0.253. The van der Waals surface area contributed by atoms with Crippen molar-refractivity contribution in [2.75, 3.05) is 5.73 Å². The fourth-order valence-electron chi connectivity index (χ4n) is 1.27. The summed E-state index contributed by atoms with van der Waals surface area (Å²) in [6.45, 7) is 1.92. The van der Waals surface area contributed by atoms with Gasteiger partial charge in [0.1, 0.15) is 10.8 Å². The Morgan fingerprint density at radius 2 is 2.12 bits per heavy atom. The average molecular weight is 234 g/mol. The summed E-state index contributed by atoms with van der Waals surface area (Å²) in [5.74, 6) is -0.253. The van der Waals surface area contributed by atoms with Crippen molar-refractivity contribution in [1.29, 1.82) is 0 Å². The van der Waals surface area contributed by atoms with E-state index in [1.165, 1.54) is 23.9 Å². The van der Waals surface area contributed by atoms with Crippen molar-refractivity contribution in [3.63, 3.8) is 0 Å². The highest BCUT2D eigenvalue weighted by molar-refractivity contribution is 7.99. The lowest BCUT2D eigenvalue weighted by molar-refractivity contribution is 0.624. The molecule has 2 rings (SSSR count). The molecule has 2 N–H and O–H groups in total. The van der Waals surface area contributed by atoms with E-state index in [2.05, 4.69) is 4.98 Å². The fraction of sp³-hybridized carbons (Fsp3) is 0.0833. The standard InChI is InChI=1S/C12H11FN2S/c1-8-5-6-15-12(11(8)14)16-10-4-2-3-9(13)7-10/h2-7H,14H2,1H3. The first-order valence-corrected chi connectivity index (χ1v) is 5.63. The highest BCUT2D eigenvalue weighted by atomic mass is 32.2. The Kier molecular flexibility index (Phi) is 3.10. The van der Waals surface area contributed by atoms with Crippen molar-refractivity contribution in [2.24, 2.45) is 0 Å². The second-order valence-electron chi connectivity index (χ2n) is 3.41. The summed E-state index contributed by atoms with van der Waals surface area (Å²) in [6, 6.07) is 8.23. The van der Waals surface area contributed by atoms with Crippen LogP contribution in [0.4, 0.5) is 10.1 Å². The first-order valence-electron chi connectivity index (χ1n) is 4.81. The molecular formula is C12H11FN2S. The van der Waals surface area contributed by atoms with Crippen molar-refractivity contribution in [1.82, 2.24) is 4.98 Å². The van der Waals surface area contributed by atoms with Gasteiger partial charge in [-0.05, 0) is 36.8 Å². The van der Waals surface area contributed by atoms with Crippen molar-refractivity contribution in [3.05, 3.63) is 47.9 Å². The Hall–Kier alpha value is -1.55. The molecule has 0 unspecified atom stereocenters. The van der Waals surface area contributed by atoms with E-state index < -0.39 is 0 Å². The summed E-state index contributed by atoms with van der Waals surface area (Å²) in [4.78, 5) is 4.98. The lowest BCUT2D eigenvalue weighted by atomic mass is 10.3. The third kappa shape index (κ3) is 2.33. The van der Waals surface area contributed by atoms with Gasteiger partial charge in [-0.25, -0.2) is 9.37 Å². The normalized spacial score (nSPS) is 10.4. The summed E-state index contributed by atoms with van der Waals surface area (Å²) >= 11 is 1.37. The van der Waals surface area contributed by atoms with E-state index >= 15 is 0 Å². The van der Waals surface area contributed by atoms with Crippen LogP contribution in [0.2, 0.25) is 0 Å². The molecule has 0 aliphatic heterocycles. The number of nitrogen functional groups attached to an aromatic ring is 1. The molecule has 0 amide bonds. The SMILES string of the molecule is Cc1ccnc(Sc2cccc(F)c2)c1N. The minimum atomic E-state index is -0.253. The van der Waals surface area contributed by atoms with Crippen LogP contribution in [-0.2, 0) is 0 Å². The van der Waals surface area contributed by atoms with Gasteiger partial charge in [0.25, 0.3) is 0 Å². The number of halogens is 1. The van der Waals surface area contributed by atoms with E-state index in [9.17, 15) is 4.39 Å². The minimum Gasteiger partial charge on any atom is -0.396 e. The Morgan fingerprint density at radius 1 is 1.31 bits per heavy atom. The van der Waals surface area contributed by atoms with Crippen molar-refractivity contribution in [3.8, 4) is 0 Å². The summed E-state index contributed by atoms with van der Waals surface area (Å²) in [7, 11) is 0. The van der Waals surface area contributed by atoms with Gasteiger partial charge in [0.2, 0.25) is 0 Å². The molecule has 0 spiro atoms. The topological polar surface area (TPSA) is 38.9 Å². The Balaban J connectivity index is 2.31. The maximum atomic E-state index is 13.0. The molecular weight excluding hydrogens is 223 g/mol. The number of aromatic nitrogens is 1. The first kappa shape index (κ1) is 11.0. The number of aryl methyl sites for hydroxylation is 1. The molecule has 0 saturated carbocycles. The first-order chi connectivity index (χ1) is 7.66. The van der Waals surface area contributed by atoms with Gasteiger partial charge in [-0.2, -0.15) is 0 Å². The molecule has 2 aromatic rings. The van der Waals surface area contributed by atoms with E-state index in [1.807, 2.05) is 19.1 Å². The molecule has 16 heavy (non-hydrogen) atoms. The quantitative estimate of drug-likeness (QED) is 0.866. The highest BCUT2D eigenvalue weighted by Crippen LogP contribution is 2.31. The van der Waals surface area contributed by atoms with Crippen LogP contribution >= 0.6 is 11.8 Å². The third-order valence-electron chi connectivity index (χ3n) is 2.18. The Labute approximate surface area is 97.7 Å². The summed E-state index contributed by atoms with van der Waals surface area (Å²) in [6.07, 6.45) is 1.70. The van der Waals surface area contributed by atoms with E-state index in [4.69, 9.17) is 5.73 Å². The number of pyridine rings is 1. The second-order valence-corrected chi connectivity index (χ2v) is 4.47. The van der Waals surface area contributed by atoms with Crippen LogP contribution in [-0.4, -0.2) is 4.98 Å². The fourth-order valence-corrected chi connectivity index (χ4v) is 2.19. The van der Waals surface area contributed by atoms with Crippen LogP contribution in [0.15, 0.2) is 46.5 Å². The smallest absolute Gasteiger partial charge is 0.124 e. The number of rotatable bonds is 2. The molecule has 2 nitrogen and oxygen atoms in total. The predicted molar refractivity (Wildman–Crippen MR) is 63.9 cm³/mol. The van der Waals surface area contributed by atoms with E-state index in [0.29, 0.717) is 10.7 Å². The second kappa shape index (κ2) is 4.53. The summed E-state index contributed by atoms with van der Waals surface area (Å²) < 4.78 is 13.0. The van der Waals surface area contributed by atoms with Gasteiger partial charge in [-0.15, -0.1) is 0 Å². The van der Waals surface area contributed by atoms with Crippen molar-refractivity contribution < 1.29 is 4.39 Å². The molecule has 0 atom stereocenters. The number of nitrogens with two attached hydrogens (primary N) is 1. The zero-order valence-electron chi connectivity index (χ0n) is 8.77. The van der Waals surface area contributed by atoms with E-state index in [1.54, 1.807) is 12.3 Å². The summed E-state index contributed by atoms with van der Waals surface area (Å²) in [5, 5.41) is 0.714. The number of nitrogens with zero attached hydrogens (tertiary/aromatic N) is 1. The van der Waals surface area contributed by atoms with Crippen LogP contribution in [0.25, 0.3) is 0 Å². The molecule has 0 aliphatic rings. The lowest BCUT2D eigenvalue weighted by Gasteiger charge is -2.06. The molecule has 0 saturated heterocycles. The Morgan fingerprint density at radius 3 is 2.88 bits per heavy atom. The van der Waals surface area contributed by atoms with Gasteiger partial charge >= 0.3 is 0 Å². The van der Waals surface area contributed by atoms with Gasteiger partial charge in [0.15, 0.2) is 0 Å². The maximum Gasteiger partial charge on any atom is 0.124 e. The van der Waals surface area contributed by atoms with Crippen LogP contribution in [0.5, 0.6) is 0 Å². The number of hydrogen-bond acceptors (Lipinski definition) is 3. The molecule has 82 valence electrons. The average Bonchev–Trinajstić information content (AvgIpc) is 2.25. The third-order valence-corrected chi connectivity index (χ3v) is 3.19. The van der Waals surface area contributed by atoms with Gasteiger partial charge in [0, 0.05) is 11.1 Å². The molecule has 0 fully saturated rings. The van der Waals surface area contributed by atoms with E-state index in [-0.39, 0.29) is 5.82 Å². The van der Waals surface area contributed by atoms with E-state index in [0.717, 1.165) is 10.5 Å². The number of anilines is 1. The van der Waals surface area contributed by atoms with Crippen LogP contribution < -0.4 is 5.73 Å². The largest absolute Gasteiger partial charge is 0.396 e. The number of hydrogen-bond donors (Lipinski definition) is 1. The molecule has 4 heteroatoms. The monoisotopic (exact) mass is 234 g/mol. The molecule has 0 aliphatic carbocycles. The highest BCUT2D eigenvalue weighted by Gasteiger charge is 2.05.